The minimum atomic E-state index is -0.839. The molecule has 0 saturated heterocycles. The number of hydrogen-bond acceptors (Lipinski definition) is 6. The summed E-state index contributed by atoms with van der Waals surface area (Å²) in [4.78, 5) is 40.8. The van der Waals surface area contributed by atoms with Gasteiger partial charge in [0, 0.05) is 5.69 Å². The molecule has 0 saturated carbocycles. The SMILES string of the molecule is CCCOC(=O)c1cccc(N2C(=O)C(O)=C(C(=O)c3cccs3)C2c2cccc(C)c2)c1. The van der Waals surface area contributed by atoms with Crippen LogP contribution < -0.4 is 4.90 Å². The van der Waals surface area contributed by atoms with E-state index in [4.69, 9.17) is 4.74 Å². The first-order chi connectivity index (χ1) is 15.9. The van der Waals surface area contributed by atoms with E-state index < -0.39 is 29.5 Å². The summed E-state index contributed by atoms with van der Waals surface area (Å²) in [5.41, 5.74) is 2.33. The molecule has 0 bridgehead atoms. The molecular formula is C26H23NO5S. The number of aryl methyl sites for hydroxylation is 1. The number of anilines is 1. The molecule has 1 unspecified atom stereocenters. The number of carbonyl (C=O) groups excluding carboxylic acids is 3. The van der Waals surface area contributed by atoms with Crippen LogP contribution in [0.25, 0.3) is 0 Å². The van der Waals surface area contributed by atoms with Crippen LogP contribution in [-0.2, 0) is 9.53 Å². The van der Waals surface area contributed by atoms with Crippen molar-refractivity contribution in [1.29, 1.82) is 0 Å². The summed E-state index contributed by atoms with van der Waals surface area (Å²) in [5, 5.41) is 12.6. The first-order valence-electron chi connectivity index (χ1n) is 10.6. The fourth-order valence-electron chi connectivity index (χ4n) is 3.86. The normalized spacial score (nSPS) is 15.8. The summed E-state index contributed by atoms with van der Waals surface area (Å²) < 4.78 is 5.22. The Kier molecular flexibility index (Phi) is 6.42. The first kappa shape index (κ1) is 22.5. The average Bonchev–Trinajstić information content (AvgIpc) is 3.44. The number of hydrogen-bond donors (Lipinski definition) is 1. The van der Waals surface area contributed by atoms with Crippen LogP contribution in [0.15, 0.2) is 77.4 Å². The Balaban J connectivity index is 1.82. The third-order valence-electron chi connectivity index (χ3n) is 5.35. The molecule has 3 aromatic rings. The molecule has 1 N–H and O–H groups in total. The molecule has 7 heteroatoms. The van der Waals surface area contributed by atoms with Gasteiger partial charge in [-0.2, -0.15) is 0 Å². The average molecular weight is 462 g/mol. The smallest absolute Gasteiger partial charge is 0.338 e. The van der Waals surface area contributed by atoms with Crippen LogP contribution in [0.2, 0.25) is 0 Å². The highest BCUT2D eigenvalue weighted by molar-refractivity contribution is 7.12. The number of thiophene rings is 1. The Morgan fingerprint density at radius 1 is 1.09 bits per heavy atom. The maximum Gasteiger partial charge on any atom is 0.338 e. The fourth-order valence-corrected chi connectivity index (χ4v) is 4.54. The van der Waals surface area contributed by atoms with Crippen LogP contribution in [0.5, 0.6) is 0 Å². The van der Waals surface area contributed by atoms with E-state index in [0.717, 1.165) is 5.56 Å². The Morgan fingerprint density at radius 2 is 1.88 bits per heavy atom. The molecule has 6 nitrogen and oxygen atoms in total. The second-order valence-corrected chi connectivity index (χ2v) is 8.69. The van der Waals surface area contributed by atoms with Gasteiger partial charge in [-0.3, -0.25) is 14.5 Å². The molecule has 0 aliphatic carbocycles. The number of ether oxygens (including phenoxy) is 1. The number of ketones is 1. The zero-order valence-corrected chi connectivity index (χ0v) is 19.1. The van der Waals surface area contributed by atoms with Crippen molar-refractivity contribution >= 4 is 34.7 Å². The van der Waals surface area contributed by atoms with Crippen molar-refractivity contribution in [2.75, 3.05) is 11.5 Å². The lowest BCUT2D eigenvalue weighted by molar-refractivity contribution is -0.117. The van der Waals surface area contributed by atoms with Crippen LogP contribution in [0.1, 0.15) is 50.5 Å². The lowest BCUT2D eigenvalue weighted by Crippen LogP contribution is -2.31. The van der Waals surface area contributed by atoms with Crippen molar-refractivity contribution in [1.82, 2.24) is 0 Å². The Bertz CT molecular complexity index is 1250. The predicted molar refractivity (Wildman–Crippen MR) is 127 cm³/mol. The van der Waals surface area contributed by atoms with E-state index in [1.807, 2.05) is 38.1 Å². The van der Waals surface area contributed by atoms with Gasteiger partial charge in [-0.1, -0.05) is 48.9 Å². The number of esters is 1. The predicted octanol–water partition coefficient (Wildman–Crippen LogP) is 5.41. The van der Waals surface area contributed by atoms with Crippen LogP contribution in [0, 0.1) is 6.92 Å². The molecule has 33 heavy (non-hydrogen) atoms. The minimum absolute atomic E-state index is 0.0204. The fraction of sp³-hybridized carbons (Fsp3) is 0.192. The molecule has 1 aromatic heterocycles. The standard InChI is InChI=1S/C26H23NO5S/c1-3-12-32-26(31)18-9-5-10-19(15-18)27-22(17-8-4-7-16(2)14-17)21(24(29)25(27)30)23(28)20-11-6-13-33-20/h4-11,13-15,22,29H,3,12H2,1-2H3. The molecule has 1 amide bonds. The highest BCUT2D eigenvalue weighted by atomic mass is 32.1. The topological polar surface area (TPSA) is 83.9 Å². The van der Waals surface area contributed by atoms with E-state index >= 15 is 0 Å². The van der Waals surface area contributed by atoms with Crippen molar-refractivity contribution < 1.29 is 24.2 Å². The van der Waals surface area contributed by atoms with E-state index in [9.17, 15) is 19.5 Å². The third kappa shape index (κ3) is 4.32. The Morgan fingerprint density at radius 3 is 2.58 bits per heavy atom. The monoisotopic (exact) mass is 461 g/mol. The zero-order valence-electron chi connectivity index (χ0n) is 18.3. The van der Waals surface area contributed by atoms with E-state index in [2.05, 4.69) is 0 Å². The summed E-state index contributed by atoms with van der Waals surface area (Å²) in [7, 11) is 0. The second kappa shape index (κ2) is 9.42. The van der Waals surface area contributed by atoms with Gasteiger partial charge in [-0.15, -0.1) is 11.3 Å². The van der Waals surface area contributed by atoms with Gasteiger partial charge >= 0.3 is 5.97 Å². The maximum absolute atomic E-state index is 13.3. The summed E-state index contributed by atoms with van der Waals surface area (Å²) in [5.74, 6) is -2.17. The van der Waals surface area contributed by atoms with Gasteiger partial charge in [0.2, 0.25) is 5.78 Å². The summed E-state index contributed by atoms with van der Waals surface area (Å²) in [6, 6.07) is 16.5. The van der Waals surface area contributed by atoms with Crippen molar-refractivity contribution in [3.63, 3.8) is 0 Å². The van der Waals surface area contributed by atoms with Gasteiger partial charge in [-0.25, -0.2) is 4.79 Å². The van der Waals surface area contributed by atoms with Crippen molar-refractivity contribution in [2.45, 2.75) is 26.3 Å². The third-order valence-corrected chi connectivity index (χ3v) is 6.22. The molecule has 2 aromatic carbocycles. The van der Waals surface area contributed by atoms with Gasteiger partial charge in [0.05, 0.1) is 28.7 Å². The molecule has 1 atom stereocenters. The van der Waals surface area contributed by atoms with E-state index in [0.29, 0.717) is 29.2 Å². The summed E-state index contributed by atoms with van der Waals surface area (Å²) >= 11 is 1.25. The molecule has 0 fully saturated rings. The molecule has 2 heterocycles. The van der Waals surface area contributed by atoms with Crippen LogP contribution >= 0.6 is 11.3 Å². The largest absolute Gasteiger partial charge is 0.503 e. The van der Waals surface area contributed by atoms with Gasteiger partial charge in [0.1, 0.15) is 0 Å². The molecular weight excluding hydrogens is 438 g/mol. The number of aliphatic hydroxyl groups is 1. The van der Waals surface area contributed by atoms with Crippen LogP contribution in [0.3, 0.4) is 0 Å². The number of Topliss-reactive ketones (excluding diaryl/α,β-unsaturated/α-hetero) is 1. The number of aliphatic hydroxyl groups excluding tert-OH is 1. The van der Waals surface area contributed by atoms with Crippen LogP contribution in [0.4, 0.5) is 5.69 Å². The quantitative estimate of drug-likeness (QED) is 0.376. The minimum Gasteiger partial charge on any atom is -0.503 e. The van der Waals surface area contributed by atoms with E-state index in [1.165, 1.54) is 16.2 Å². The summed E-state index contributed by atoms with van der Waals surface area (Å²) in [6.45, 7) is 4.11. The van der Waals surface area contributed by atoms with E-state index in [-0.39, 0.29) is 11.1 Å². The molecule has 0 radical (unpaired) electrons. The summed E-state index contributed by atoms with van der Waals surface area (Å²) in [6.07, 6.45) is 0.692. The Labute approximate surface area is 195 Å². The molecule has 1 aliphatic heterocycles. The van der Waals surface area contributed by atoms with Crippen molar-refractivity contribution in [3.8, 4) is 0 Å². The van der Waals surface area contributed by atoms with Crippen molar-refractivity contribution in [3.05, 3.63) is 98.9 Å². The highest BCUT2D eigenvalue weighted by Crippen LogP contribution is 2.42. The van der Waals surface area contributed by atoms with Gasteiger partial charge in [0.15, 0.2) is 5.76 Å². The van der Waals surface area contributed by atoms with Crippen LogP contribution in [-0.4, -0.2) is 29.4 Å². The van der Waals surface area contributed by atoms with Gasteiger partial charge < -0.3 is 9.84 Å². The van der Waals surface area contributed by atoms with E-state index in [1.54, 1.807) is 41.8 Å². The lowest BCUT2D eigenvalue weighted by Gasteiger charge is -2.27. The zero-order chi connectivity index (χ0) is 23.5. The molecule has 0 spiro atoms. The second-order valence-electron chi connectivity index (χ2n) is 7.75. The molecule has 168 valence electrons. The number of carbonyl (C=O) groups is 3. The molecule has 1 aliphatic rings. The number of benzene rings is 2. The number of nitrogens with zero attached hydrogens (tertiary/aromatic N) is 1. The van der Waals surface area contributed by atoms with Gasteiger partial charge in [-0.05, 0) is 48.6 Å². The molecule has 4 rings (SSSR count). The lowest BCUT2D eigenvalue weighted by atomic mass is 9.94. The van der Waals surface area contributed by atoms with Gasteiger partial charge in [0.25, 0.3) is 5.91 Å². The maximum atomic E-state index is 13.3. The first-order valence-corrected chi connectivity index (χ1v) is 11.5. The number of amides is 1. The Hall–Kier alpha value is -3.71. The highest BCUT2D eigenvalue weighted by Gasteiger charge is 2.45. The van der Waals surface area contributed by atoms with Crippen molar-refractivity contribution in [2.24, 2.45) is 0 Å². The number of rotatable bonds is 7.